The summed E-state index contributed by atoms with van der Waals surface area (Å²) in [4.78, 5) is 4.34. The minimum Gasteiger partial charge on any atom is -0.396 e. The molecule has 17 heavy (non-hydrogen) atoms. The van der Waals surface area contributed by atoms with Crippen molar-refractivity contribution < 1.29 is 0 Å². The lowest BCUT2D eigenvalue weighted by Gasteiger charge is -2.08. The maximum atomic E-state index is 5.83. The van der Waals surface area contributed by atoms with Gasteiger partial charge in [0.05, 0.1) is 18.4 Å². The van der Waals surface area contributed by atoms with E-state index in [1.54, 1.807) is 0 Å². The fraction of sp³-hybridized carbons (Fsp3) is 0.333. The van der Waals surface area contributed by atoms with Crippen molar-refractivity contribution >= 4 is 11.5 Å². The summed E-state index contributed by atoms with van der Waals surface area (Å²) in [6.45, 7) is 5.52. The molecule has 0 spiro atoms. The van der Waals surface area contributed by atoms with Gasteiger partial charge < -0.3 is 11.1 Å². The molecule has 5 heteroatoms. The third-order valence-electron chi connectivity index (χ3n) is 2.46. The molecular weight excluding hydrogens is 214 g/mol. The number of aromatic nitrogens is 3. The Bertz CT molecular complexity index is 503. The monoisotopic (exact) mass is 231 g/mol. The average Bonchev–Trinajstić information content (AvgIpc) is 2.69. The minimum absolute atomic E-state index is 0.673. The van der Waals surface area contributed by atoms with E-state index in [1.165, 1.54) is 0 Å². The number of pyridine rings is 1. The number of anilines is 2. The van der Waals surface area contributed by atoms with E-state index in [0.717, 1.165) is 30.2 Å². The smallest absolute Gasteiger partial charge is 0.149 e. The molecule has 90 valence electrons. The van der Waals surface area contributed by atoms with Gasteiger partial charge in [-0.15, -0.1) is 0 Å². The molecule has 3 N–H and O–H groups in total. The van der Waals surface area contributed by atoms with Crippen molar-refractivity contribution in [2.75, 3.05) is 17.6 Å². The number of nitrogens with two attached hydrogens (primary N) is 1. The second-order valence-corrected chi connectivity index (χ2v) is 4.10. The second kappa shape index (κ2) is 4.86. The Labute approximate surface area is 101 Å². The SMILES string of the molecule is Cc1cnn(CCNc2nc(C)ccc2N)c1. The van der Waals surface area contributed by atoms with Crippen LogP contribution in [0.2, 0.25) is 0 Å². The Balaban J connectivity index is 1.91. The van der Waals surface area contributed by atoms with E-state index in [0.29, 0.717) is 5.69 Å². The van der Waals surface area contributed by atoms with Crippen LogP contribution in [0.4, 0.5) is 11.5 Å². The summed E-state index contributed by atoms with van der Waals surface area (Å²) < 4.78 is 1.90. The lowest BCUT2D eigenvalue weighted by molar-refractivity contribution is 0.637. The molecule has 0 aliphatic carbocycles. The first-order chi connectivity index (χ1) is 8.15. The maximum Gasteiger partial charge on any atom is 0.149 e. The molecule has 0 amide bonds. The number of nitrogens with one attached hydrogen (secondary N) is 1. The summed E-state index contributed by atoms with van der Waals surface area (Å²) in [5, 5.41) is 7.43. The fourth-order valence-corrected chi connectivity index (χ4v) is 1.59. The van der Waals surface area contributed by atoms with Gasteiger partial charge in [0, 0.05) is 18.4 Å². The Morgan fingerprint density at radius 1 is 1.35 bits per heavy atom. The summed E-state index contributed by atoms with van der Waals surface area (Å²) in [5.74, 6) is 0.744. The van der Waals surface area contributed by atoms with Crippen molar-refractivity contribution in [2.45, 2.75) is 20.4 Å². The Hall–Kier alpha value is -2.04. The molecule has 2 rings (SSSR count). The van der Waals surface area contributed by atoms with Crippen LogP contribution >= 0.6 is 0 Å². The molecular formula is C12H17N5. The van der Waals surface area contributed by atoms with Crippen LogP contribution in [0, 0.1) is 13.8 Å². The van der Waals surface area contributed by atoms with E-state index in [9.17, 15) is 0 Å². The molecule has 0 atom stereocenters. The van der Waals surface area contributed by atoms with Gasteiger partial charge in [-0.2, -0.15) is 5.10 Å². The highest BCUT2D eigenvalue weighted by molar-refractivity contribution is 5.61. The van der Waals surface area contributed by atoms with E-state index in [-0.39, 0.29) is 0 Å². The largest absolute Gasteiger partial charge is 0.396 e. The van der Waals surface area contributed by atoms with Crippen LogP contribution < -0.4 is 11.1 Å². The van der Waals surface area contributed by atoms with Gasteiger partial charge in [-0.05, 0) is 31.5 Å². The quantitative estimate of drug-likeness (QED) is 0.838. The first kappa shape index (κ1) is 11.4. The van der Waals surface area contributed by atoms with Crippen LogP contribution in [-0.2, 0) is 6.54 Å². The van der Waals surface area contributed by atoms with Crippen LogP contribution in [0.15, 0.2) is 24.5 Å². The van der Waals surface area contributed by atoms with Crippen molar-refractivity contribution in [3.63, 3.8) is 0 Å². The molecule has 0 aliphatic heterocycles. The van der Waals surface area contributed by atoms with Crippen LogP contribution in [-0.4, -0.2) is 21.3 Å². The van der Waals surface area contributed by atoms with Gasteiger partial charge in [-0.25, -0.2) is 4.98 Å². The predicted octanol–water partition coefficient (Wildman–Crippen LogP) is 1.59. The first-order valence-corrected chi connectivity index (χ1v) is 5.61. The van der Waals surface area contributed by atoms with Gasteiger partial charge >= 0.3 is 0 Å². The molecule has 0 bridgehead atoms. The van der Waals surface area contributed by atoms with Gasteiger partial charge in [-0.3, -0.25) is 4.68 Å². The zero-order valence-corrected chi connectivity index (χ0v) is 10.1. The Kier molecular flexibility index (Phi) is 3.27. The number of nitrogen functional groups attached to an aromatic ring is 1. The zero-order valence-electron chi connectivity index (χ0n) is 10.1. The van der Waals surface area contributed by atoms with Gasteiger partial charge in [0.25, 0.3) is 0 Å². The summed E-state index contributed by atoms with van der Waals surface area (Å²) in [6.07, 6.45) is 3.86. The molecule has 0 unspecified atom stereocenters. The standard InChI is InChI=1S/C12H17N5/c1-9-7-15-17(8-9)6-5-14-12-11(13)4-3-10(2)16-12/h3-4,7-8H,5-6,13H2,1-2H3,(H,14,16). The molecule has 2 heterocycles. The highest BCUT2D eigenvalue weighted by Crippen LogP contribution is 2.14. The molecule has 0 saturated carbocycles. The third kappa shape index (κ3) is 2.96. The van der Waals surface area contributed by atoms with Crippen molar-refractivity contribution in [3.05, 3.63) is 35.8 Å². The van der Waals surface area contributed by atoms with Gasteiger partial charge in [0.15, 0.2) is 0 Å². The number of aryl methyl sites for hydroxylation is 2. The molecule has 0 saturated heterocycles. The van der Waals surface area contributed by atoms with Gasteiger partial charge in [0.2, 0.25) is 0 Å². The number of hydrogen-bond donors (Lipinski definition) is 2. The Morgan fingerprint density at radius 2 is 2.18 bits per heavy atom. The molecule has 0 fully saturated rings. The molecule has 2 aromatic rings. The maximum absolute atomic E-state index is 5.83. The van der Waals surface area contributed by atoms with E-state index in [1.807, 2.05) is 43.1 Å². The zero-order chi connectivity index (χ0) is 12.3. The van der Waals surface area contributed by atoms with Crippen LogP contribution in [0.25, 0.3) is 0 Å². The topological polar surface area (TPSA) is 68.8 Å². The van der Waals surface area contributed by atoms with Crippen LogP contribution in [0.5, 0.6) is 0 Å². The van der Waals surface area contributed by atoms with Crippen molar-refractivity contribution in [1.29, 1.82) is 0 Å². The first-order valence-electron chi connectivity index (χ1n) is 5.61. The summed E-state index contributed by atoms with van der Waals surface area (Å²) in [7, 11) is 0. The molecule has 0 aromatic carbocycles. The normalized spacial score (nSPS) is 10.5. The fourth-order valence-electron chi connectivity index (χ4n) is 1.59. The van der Waals surface area contributed by atoms with E-state index in [2.05, 4.69) is 15.4 Å². The number of nitrogens with zero attached hydrogens (tertiary/aromatic N) is 3. The Morgan fingerprint density at radius 3 is 2.88 bits per heavy atom. The molecule has 5 nitrogen and oxygen atoms in total. The lowest BCUT2D eigenvalue weighted by atomic mass is 10.3. The average molecular weight is 231 g/mol. The van der Waals surface area contributed by atoms with Crippen molar-refractivity contribution in [2.24, 2.45) is 0 Å². The third-order valence-corrected chi connectivity index (χ3v) is 2.46. The van der Waals surface area contributed by atoms with Gasteiger partial charge in [0.1, 0.15) is 5.82 Å². The van der Waals surface area contributed by atoms with Crippen molar-refractivity contribution in [1.82, 2.24) is 14.8 Å². The number of rotatable bonds is 4. The van der Waals surface area contributed by atoms with E-state index >= 15 is 0 Å². The summed E-state index contributed by atoms with van der Waals surface area (Å²) in [5.41, 5.74) is 8.62. The highest BCUT2D eigenvalue weighted by Gasteiger charge is 2.00. The molecule has 0 aliphatic rings. The lowest BCUT2D eigenvalue weighted by Crippen LogP contribution is -2.13. The van der Waals surface area contributed by atoms with Crippen LogP contribution in [0.1, 0.15) is 11.3 Å². The second-order valence-electron chi connectivity index (χ2n) is 4.10. The van der Waals surface area contributed by atoms with Gasteiger partial charge in [-0.1, -0.05) is 0 Å². The summed E-state index contributed by atoms with van der Waals surface area (Å²) in [6, 6.07) is 3.76. The van der Waals surface area contributed by atoms with Crippen molar-refractivity contribution in [3.8, 4) is 0 Å². The molecule has 0 radical (unpaired) electrons. The van der Waals surface area contributed by atoms with E-state index in [4.69, 9.17) is 5.73 Å². The van der Waals surface area contributed by atoms with Crippen LogP contribution in [0.3, 0.4) is 0 Å². The number of hydrogen-bond acceptors (Lipinski definition) is 4. The summed E-state index contributed by atoms with van der Waals surface area (Å²) >= 11 is 0. The van der Waals surface area contributed by atoms with E-state index < -0.39 is 0 Å². The highest BCUT2D eigenvalue weighted by atomic mass is 15.3. The minimum atomic E-state index is 0.673. The predicted molar refractivity (Wildman–Crippen MR) is 68.8 cm³/mol. The molecule has 2 aromatic heterocycles.